The zero-order valence-corrected chi connectivity index (χ0v) is 10.7. The standard InChI is InChI=1S/C13H10Cl2FNO/c14-10-3-1-7(5-11(10)15)13(18)9-6-8(16)2-4-12(9)17/h1-6,13,18H,17H2. The summed E-state index contributed by atoms with van der Waals surface area (Å²) in [5.74, 6) is -0.460. The van der Waals surface area contributed by atoms with Gasteiger partial charge in [0, 0.05) is 11.3 Å². The molecular formula is C13H10Cl2FNO. The zero-order valence-electron chi connectivity index (χ0n) is 9.20. The first-order valence-electron chi connectivity index (χ1n) is 5.17. The van der Waals surface area contributed by atoms with Gasteiger partial charge in [0.25, 0.3) is 0 Å². The number of nitrogens with two attached hydrogens (primary N) is 1. The Kier molecular flexibility index (Phi) is 3.76. The van der Waals surface area contributed by atoms with Crippen LogP contribution in [0.1, 0.15) is 17.2 Å². The quantitative estimate of drug-likeness (QED) is 0.825. The van der Waals surface area contributed by atoms with E-state index in [0.29, 0.717) is 26.9 Å². The van der Waals surface area contributed by atoms with Crippen molar-refractivity contribution in [2.24, 2.45) is 0 Å². The number of halogens is 3. The summed E-state index contributed by atoms with van der Waals surface area (Å²) in [7, 11) is 0. The predicted octanol–water partition coefficient (Wildman–Crippen LogP) is 3.80. The van der Waals surface area contributed by atoms with Crippen LogP contribution in [0.5, 0.6) is 0 Å². The molecule has 0 aliphatic carbocycles. The molecule has 0 aliphatic heterocycles. The highest BCUT2D eigenvalue weighted by Gasteiger charge is 2.15. The van der Waals surface area contributed by atoms with E-state index >= 15 is 0 Å². The van der Waals surface area contributed by atoms with E-state index in [1.165, 1.54) is 24.3 Å². The molecule has 5 heteroatoms. The second-order valence-corrected chi connectivity index (χ2v) is 4.66. The highest BCUT2D eigenvalue weighted by Crippen LogP contribution is 2.31. The Bertz CT molecular complexity index is 589. The molecule has 0 aliphatic rings. The van der Waals surface area contributed by atoms with Crippen LogP contribution >= 0.6 is 23.2 Å². The van der Waals surface area contributed by atoms with Crippen molar-refractivity contribution in [3.63, 3.8) is 0 Å². The Morgan fingerprint density at radius 2 is 1.78 bits per heavy atom. The first-order chi connectivity index (χ1) is 8.49. The molecular weight excluding hydrogens is 276 g/mol. The molecule has 0 amide bonds. The summed E-state index contributed by atoms with van der Waals surface area (Å²) in [6.45, 7) is 0. The van der Waals surface area contributed by atoms with Crippen molar-refractivity contribution in [3.8, 4) is 0 Å². The van der Waals surface area contributed by atoms with Crippen molar-refractivity contribution in [2.75, 3.05) is 5.73 Å². The average Bonchev–Trinajstić information content (AvgIpc) is 2.35. The van der Waals surface area contributed by atoms with Gasteiger partial charge in [-0.15, -0.1) is 0 Å². The molecule has 0 saturated carbocycles. The second kappa shape index (κ2) is 5.14. The van der Waals surface area contributed by atoms with Crippen molar-refractivity contribution < 1.29 is 9.50 Å². The molecule has 2 rings (SSSR count). The Morgan fingerprint density at radius 1 is 1.06 bits per heavy atom. The van der Waals surface area contributed by atoms with Crippen LogP contribution in [0.4, 0.5) is 10.1 Å². The molecule has 0 bridgehead atoms. The Morgan fingerprint density at radius 3 is 2.44 bits per heavy atom. The summed E-state index contributed by atoms with van der Waals surface area (Å²) in [6, 6.07) is 8.55. The fourth-order valence-electron chi connectivity index (χ4n) is 1.64. The molecule has 94 valence electrons. The van der Waals surface area contributed by atoms with Crippen LogP contribution in [-0.4, -0.2) is 5.11 Å². The number of hydrogen-bond donors (Lipinski definition) is 2. The van der Waals surface area contributed by atoms with Crippen LogP contribution in [0.25, 0.3) is 0 Å². The minimum atomic E-state index is -1.05. The van der Waals surface area contributed by atoms with Crippen molar-refractivity contribution >= 4 is 28.9 Å². The van der Waals surface area contributed by atoms with E-state index in [0.717, 1.165) is 0 Å². The van der Waals surface area contributed by atoms with E-state index in [2.05, 4.69) is 0 Å². The van der Waals surface area contributed by atoms with Gasteiger partial charge >= 0.3 is 0 Å². The fraction of sp³-hybridized carbons (Fsp3) is 0.0769. The number of nitrogen functional groups attached to an aromatic ring is 1. The maximum atomic E-state index is 13.2. The smallest absolute Gasteiger partial charge is 0.123 e. The third-order valence-electron chi connectivity index (χ3n) is 2.60. The van der Waals surface area contributed by atoms with Gasteiger partial charge in [-0.25, -0.2) is 4.39 Å². The number of rotatable bonds is 2. The fourth-order valence-corrected chi connectivity index (χ4v) is 1.95. The van der Waals surface area contributed by atoms with E-state index in [-0.39, 0.29) is 0 Å². The molecule has 2 nitrogen and oxygen atoms in total. The van der Waals surface area contributed by atoms with Gasteiger partial charge < -0.3 is 10.8 Å². The van der Waals surface area contributed by atoms with Crippen LogP contribution in [0.2, 0.25) is 10.0 Å². The molecule has 0 saturated heterocycles. The number of aliphatic hydroxyl groups is 1. The van der Waals surface area contributed by atoms with Gasteiger partial charge in [0.2, 0.25) is 0 Å². The Balaban J connectivity index is 2.44. The summed E-state index contributed by atoms with van der Waals surface area (Å²) in [6.07, 6.45) is -1.05. The molecule has 0 radical (unpaired) electrons. The largest absolute Gasteiger partial charge is 0.398 e. The molecule has 0 fully saturated rings. The van der Waals surface area contributed by atoms with Crippen LogP contribution < -0.4 is 5.73 Å². The molecule has 18 heavy (non-hydrogen) atoms. The average molecular weight is 286 g/mol. The lowest BCUT2D eigenvalue weighted by Gasteiger charge is -2.14. The molecule has 0 heterocycles. The highest BCUT2D eigenvalue weighted by molar-refractivity contribution is 6.42. The van der Waals surface area contributed by atoms with E-state index in [1.54, 1.807) is 12.1 Å². The molecule has 0 spiro atoms. The van der Waals surface area contributed by atoms with Crippen molar-refractivity contribution in [1.29, 1.82) is 0 Å². The summed E-state index contributed by atoms with van der Waals surface area (Å²) in [5.41, 5.74) is 6.83. The summed E-state index contributed by atoms with van der Waals surface area (Å²) >= 11 is 11.7. The van der Waals surface area contributed by atoms with Crippen molar-refractivity contribution in [3.05, 3.63) is 63.4 Å². The van der Waals surface area contributed by atoms with Gasteiger partial charge in [-0.3, -0.25) is 0 Å². The SMILES string of the molecule is Nc1ccc(F)cc1C(O)c1ccc(Cl)c(Cl)c1. The van der Waals surface area contributed by atoms with Crippen LogP contribution in [0, 0.1) is 5.82 Å². The van der Waals surface area contributed by atoms with Crippen LogP contribution in [0.3, 0.4) is 0 Å². The Labute approximate surface area is 114 Å². The predicted molar refractivity (Wildman–Crippen MR) is 71.3 cm³/mol. The van der Waals surface area contributed by atoms with Crippen molar-refractivity contribution in [2.45, 2.75) is 6.10 Å². The van der Waals surface area contributed by atoms with Crippen LogP contribution in [-0.2, 0) is 0 Å². The zero-order chi connectivity index (χ0) is 13.3. The van der Waals surface area contributed by atoms with E-state index in [1.807, 2.05) is 0 Å². The molecule has 3 N–H and O–H groups in total. The number of benzene rings is 2. The highest BCUT2D eigenvalue weighted by atomic mass is 35.5. The monoisotopic (exact) mass is 285 g/mol. The molecule has 2 aromatic rings. The minimum absolute atomic E-state index is 0.299. The van der Waals surface area contributed by atoms with Gasteiger partial charge in [0.1, 0.15) is 11.9 Å². The lowest BCUT2D eigenvalue weighted by atomic mass is 10.00. The molecule has 1 unspecified atom stereocenters. The maximum Gasteiger partial charge on any atom is 0.123 e. The molecule has 0 aromatic heterocycles. The van der Waals surface area contributed by atoms with Gasteiger partial charge in [0.05, 0.1) is 10.0 Å². The summed E-state index contributed by atoms with van der Waals surface area (Å²) < 4.78 is 13.2. The van der Waals surface area contributed by atoms with Gasteiger partial charge in [0.15, 0.2) is 0 Å². The lowest BCUT2D eigenvalue weighted by Crippen LogP contribution is -2.04. The van der Waals surface area contributed by atoms with E-state index in [9.17, 15) is 9.50 Å². The first-order valence-corrected chi connectivity index (χ1v) is 5.92. The summed E-state index contributed by atoms with van der Waals surface area (Å²) in [5, 5.41) is 10.9. The van der Waals surface area contributed by atoms with Gasteiger partial charge in [-0.05, 0) is 35.9 Å². The third kappa shape index (κ3) is 2.58. The normalized spacial score (nSPS) is 12.4. The second-order valence-electron chi connectivity index (χ2n) is 3.85. The lowest BCUT2D eigenvalue weighted by molar-refractivity contribution is 0.220. The maximum absolute atomic E-state index is 13.2. The van der Waals surface area contributed by atoms with Crippen molar-refractivity contribution in [1.82, 2.24) is 0 Å². The number of aliphatic hydroxyl groups excluding tert-OH is 1. The molecule has 1 atom stereocenters. The van der Waals surface area contributed by atoms with Gasteiger partial charge in [-0.2, -0.15) is 0 Å². The topological polar surface area (TPSA) is 46.2 Å². The number of hydrogen-bond acceptors (Lipinski definition) is 2. The molecule has 2 aromatic carbocycles. The summed E-state index contributed by atoms with van der Waals surface area (Å²) in [4.78, 5) is 0. The third-order valence-corrected chi connectivity index (χ3v) is 3.34. The first kappa shape index (κ1) is 13.1. The minimum Gasteiger partial charge on any atom is -0.398 e. The number of anilines is 1. The van der Waals surface area contributed by atoms with Gasteiger partial charge in [-0.1, -0.05) is 29.3 Å². The Hall–Kier alpha value is -1.29. The van der Waals surface area contributed by atoms with E-state index < -0.39 is 11.9 Å². The van der Waals surface area contributed by atoms with E-state index in [4.69, 9.17) is 28.9 Å². The van der Waals surface area contributed by atoms with Crippen LogP contribution in [0.15, 0.2) is 36.4 Å².